The summed E-state index contributed by atoms with van der Waals surface area (Å²) in [6.45, 7) is 3.83. The number of hydrogen-bond acceptors (Lipinski definition) is 2. The molecule has 1 aliphatic carbocycles. The van der Waals surface area contributed by atoms with Crippen molar-refractivity contribution < 1.29 is 4.79 Å². The summed E-state index contributed by atoms with van der Waals surface area (Å²) in [6, 6.07) is 2.19. The van der Waals surface area contributed by atoms with Gasteiger partial charge in [-0.3, -0.25) is 0 Å². The number of rotatable bonds is 2. The smallest absolute Gasteiger partial charge is 0.316 e. The Hall–Kier alpha value is -1.24. The molecule has 0 aromatic rings. The van der Waals surface area contributed by atoms with Crippen molar-refractivity contribution in [1.82, 2.24) is 10.6 Å². The summed E-state index contributed by atoms with van der Waals surface area (Å²) in [4.78, 5) is 11.7. The lowest BCUT2D eigenvalue weighted by Crippen LogP contribution is -2.52. The van der Waals surface area contributed by atoms with E-state index in [1.165, 1.54) is 6.42 Å². The van der Waals surface area contributed by atoms with Crippen LogP contribution in [0.4, 0.5) is 4.79 Å². The maximum atomic E-state index is 11.7. The van der Waals surface area contributed by atoms with Crippen molar-refractivity contribution in [3.63, 3.8) is 0 Å². The number of nitriles is 1. The fraction of sp³-hybridized carbons (Fsp3) is 0.846. The maximum absolute atomic E-state index is 11.7. The predicted octanol–water partition coefficient (Wildman–Crippen LogP) is 2.70. The molecule has 0 saturated heterocycles. The molecule has 96 valence electrons. The molecular formula is C13H23N3O. The average molecular weight is 237 g/mol. The maximum Gasteiger partial charge on any atom is 0.316 e. The van der Waals surface area contributed by atoms with Gasteiger partial charge in [-0.25, -0.2) is 4.79 Å². The highest BCUT2D eigenvalue weighted by atomic mass is 16.2. The zero-order valence-corrected chi connectivity index (χ0v) is 10.9. The molecule has 0 unspecified atom stereocenters. The summed E-state index contributed by atoms with van der Waals surface area (Å²) in [5, 5.41) is 15.0. The lowest BCUT2D eigenvalue weighted by atomic mass is 9.85. The highest BCUT2D eigenvalue weighted by molar-refractivity contribution is 5.75. The van der Waals surface area contributed by atoms with Gasteiger partial charge in [0.05, 0.1) is 6.07 Å². The van der Waals surface area contributed by atoms with E-state index < -0.39 is 5.54 Å². The molecule has 1 saturated carbocycles. The summed E-state index contributed by atoms with van der Waals surface area (Å²) < 4.78 is 0. The van der Waals surface area contributed by atoms with Crippen molar-refractivity contribution in [2.75, 3.05) is 0 Å². The average Bonchev–Trinajstić information content (AvgIpc) is 2.21. The molecular weight excluding hydrogens is 214 g/mol. The standard InChI is InChI=1S/C13H23N3O/c1-11(2)15-12(17)16-13(10-14)8-6-4-3-5-7-9-13/h11H,3-9H2,1-2H3,(H2,15,16,17). The van der Waals surface area contributed by atoms with Gasteiger partial charge in [-0.2, -0.15) is 5.26 Å². The fourth-order valence-electron chi connectivity index (χ4n) is 2.29. The SMILES string of the molecule is CC(C)NC(=O)NC1(C#N)CCCCCCC1. The van der Waals surface area contributed by atoms with Crippen LogP contribution in [-0.4, -0.2) is 17.6 Å². The molecule has 0 atom stereocenters. The van der Waals surface area contributed by atoms with Crippen LogP contribution in [0.15, 0.2) is 0 Å². The van der Waals surface area contributed by atoms with Crippen molar-refractivity contribution in [2.45, 2.75) is 70.4 Å². The zero-order valence-electron chi connectivity index (χ0n) is 10.9. The number of carbonyl (C=O) groups excluding carboxylic acids is 1. The van der Waals surface area contributed by atoms with Gasteiger partial charge in [0, 0.05) is 6.04 Å². The Morgan fingerprint density at radius 1 is 1.18 bits per heavy atom. The van der Waals surface area contributed by atoms with E-state index in [0.717, 1.165) is 38.5 Å². The van der Waals surface area contributed by atoms with Gasteiger partial charge in [0.1, 0.15) is 5.54 Å². The Morgan fingerprint density at radius 3 is 2.18 bits per heavy atom. The Bertz CT molecular complexity index is 286. The van der Waals surface area contributed by atoms with E-state index in [1.807, 2.05) is 13.8 Å². The van der Waals surface area contributed by atoms with Gasteiger partial charge in [-0.1, -0.05) is 32.1 Å². The van der Waals surface area contributed by atoms with E-state index in [9.17, 15) is 10.1 Å². The second kappa shape index (κ2) is 6.48. The van der Waals surface area contributed by atoms with Gasteiger partial charge in [-0.15, -0.1) is 0 Å². The van der Waals surface area contributed by atoms with Gasteiger partial charge in [0.2, 0.25) is 0 Å². The van der Waals surface area contributed by atoms with E-state index in [2.05, 4.69) is 16.7 Å². The Balaban J connectivity index is 2.59. The lowest BCUT2D eigenvalue weighted by Gasteiger charge is -2.30. The van der Waals surface area contributed by atoms with E-state index in [4.69, 9.17) is 0 Å². The molecule has 1 rings (SSSR count). The number of amides is 2. The zero-order chi connectivity index (χ0) is 12.7. The van der Waals surface area contributed by atoms with E-state index in [0.29, 0.717) is 0 Å². The van der Waals surface area contributed by atoms with Crippen LogP contribution in [0.1, 0.15) is 58.8 Å². The van der Waals surface area contributed by atoms with Crippen LogP contribution in [0.5, 0.6) is 0 Å². The molecule has 2 N–H and O–H groups in total. The van der Waals surface area contributed by atoms with Crippen LogP contribution < -0.4 is 10.6 Å². The Morgan fingerprint density at radius 2 is 1.71 bits per heavy atom. The highest BCUT2D eigenvalue weighted by Crippen LogP contribution is 2.25. The fourth-order valence-corrected chi connectivity index (χ4v) is 2.29. The minimum absolute atomic E-state index is 0.0966. The minimum atomic E-state index is -0.653. The number of nitrogens with zero attached hydrogens (tertiary/aromatic N) is 1. The first-order valence-electron chi connectivity index (χ1n) is 6.58. The summed E-state index contributed by atoms with van der Waals surface area (Å²) in [5.74, 6) is 0. The predicted molar refractivity (Wildman–Crippen MR) is 67.5 cm³/mol. The molecule has 0 heterocycles. The van der Waals surface area contributed by atoms with Crippen molar-refractivity contribution >= 4 is 6.03 Å². The second-order valence-corrected chi connectivity index (χ2v) is 5.21. The molecule has 1 aliphatic rings. The third-order valence-electron chi connectivity index (χ3n) is 3.19. The van der Waals surface area contributed by atoms with Crippen molar-refractivity contribution in [2.24, 2.45) is 0 Å². The number of urea groups is 1. The molecule has 4 heteroatoms. The first-order chi connectivity index (χ1) is 8.08. The van der Waals surface area contributed by atoms with Crippen molar-refractivity contribution in [1.29, 1.82) is 5.26 Å². The normalized spacial score (nSPS) is 19.9. The van der Waals surface area contributed by atoms with E-state index in [-0.39, 0.29) is 12.1 Å². The molecule has 0 spiro atoms. The quantitative estimate of drug-likeness (QED) is 0.775. The first-order valence-corrected chi connectivity index (χ1v) is 6.58. The summed E-state index contributed by atoms with van der Waals surface area (Å²) in [7, 11) is 0. The molecule has 4 nitrogen and oxygen atoms in total. The molecule has 0 aliphatic heterocycles. The van der Waals surface area contributed by atoms with Gasteiger partial charge >= 0.3 is 6.03 Å². The van der Waals surface area contributed by atoms with Crippen LogP contribution in [0.2, 0.25) is 0 Å². The number of nitrogens with one attached hydrogen (secondary N) is 2. The molecule has 0 aromatic carbocycles. The van der Waals surface area contributed by atoms with Gasteiger partial charge in [0.25, 0.3) is 0 Å². The van der Waals surface area contributed by atoms with Crippen LogP contribution in [0, 0.1) is 11.3 Å². The third kappa shape index (κ3) is 4.64. The number of hydrogen-bond donors (Lipinski definition) is 2. The largest absolute Gasteiger partial charge is 0.336 e. The van der Waals surface area contributed by atoms with Crippen molar-refractivity contribution in [3.05, 3.63) is 0 Å². The van der Waals surface area contributed by atoms with Crippen LogP contribution in [0.25, 0.3) is 0 Å². The lowest BCUT2D eigenvalue weighted by molar-refractivity contribution is 0.223. The van der Waals surface area contributed by atoms with E-state index >= 15 is 0 Å². The molecule has 0 bridgehead atoms. The number of carbonyl (C=O) groups is 1. The molecule has 1 fully saturated rings. The minimum Gasteiger partial charge on any atom is -0.336 e. The second-order valence-electron chi connectivity index (χ2n) is 5.21. The summed E-state index contributed by atoms with van der Waals surface area (Å²) in [6.07, 6.45) is 7.17. The summed E-state index contributed by atoms with van der Waals surface area (Å²) in [5.41, 5.74) is -0.653. The Labute approximate surface area is 104 Å². The van der Waals surface area contributed by atoms with Gasteiger partial charge in [0.15, 0.2) is 0 Å². The highest BCUT2D eigenvalue weighted by Gasteiger charge is 2.31. The third-order valence-corrected chi connectivity index (χ3v) is 3.19. The van der Waals surface area contributed by atoms with E-state index in [1.54, 1.807) is 0 Å². The molecule has 2 amide bonds. The van der Waals surface area contributed by atoms with Gasteiger partial charge < -0.3 is 10.6 Å². The summed E-state index contributed by atoms with van der Waals surface area (Å²) >= 11 is 0. The topological polar surface area (TPSA) is 64.9 Å². The van der Waals surface area contributed by atoms with Crippen LogP contribution in [-0.2, 0) is 0 Å². The van der Waals surface area contributed by atoms with Gasteiger partial charge in [-0.05, 0) is 26.7 Å². The van der Waals surface area contributed by atoms with Crippen LogP contribution >= 0.6 is 0 Å². The monoisotopic (exact) mass is 237 g/mol. The first kappa shape index (κ1) is 13.8. The van der Waals surface area contributed by atoms with Crippen molar-refractivity contribution in [3.8, 4) is 6.07 Å². The molecule has 0 radical (unpaired) electrons. The van der Waals surface area contributed by atoms with Crippen LogP contribution in [0.3, 0.4) is 0 Å². The molecule has 0 aromatic heterocycles. The Kier molecular flexibility index (Phi) is 5.27. The molecule has 17 heavy (non-hydrogen) atoms.